The van der Waals surface area contributed by atoms with E-state index in [-0.39, 0.29) is 50.5 Å². The van der Waals surface area contributed by atoms with Gasteiger partial charge in [0.15, 0.2) is 5.96 Å². The number of amides is 6. The van der Waals surface area contributed by atoms with Gasteiger partial charge in [0.05, 0.1) is 12.1 Å². The predicted octanol–water partition coefficient (Wildman–Crippen LogP) is 1.19. The zero-order valence-corrected chi connectivity index (χ0v) is 32.7. The van der Waals surface area contributed by atoms with E-state index in [1.165, 1.54) is 0 Å². The molecule has 0 saturated heterocycles. The van der Waals surface area contributed by atoms with Crippen LogP contribution in [0, 0.1) is 17.6 Å². The fraction of sp³-hybridized carbons (Fsp3) is 0.341. The number of carbonyl (C=O) groups is 6. The number of nitrogens with one attached hydrogen (secondary N) is 6. The zero-order valence-electron chi connectivity index (χ0n) is 32.7. The van der Waals surface area contributed by atoms with Crippen molar-refractivity contribution in [3.8, 4) is 0 Å². The quantitative estimate of drug-likeness (QED) is 0.0334. The molecule has 16 nitrogen and oxygen atoms in total. The van der Waals surface area contributed by atoms with E-state index in [1.807, 2.05) is 38.1 Å². The summed E-state index contributed by atoms with van der Waals surface area (Å²) >= 11 is 0. The van der Waals surface area contributed by atoms with Crippen LogP contribution in [0.15, 0.2) is 84.0 Å². The summed E-state index contributed by atoms with van der Waals surface area (Å²) in [5.41, 5.74) is 18.3. The van der Waals surface area contributed by atoms with E-state index in [4.69, 9.17) is 17.2 Å². The van der Waals surface area contributed by atoms with Crippen molar-refractivity contribution < 1.29 is 37.5 Å². The van der Waals surface area contributed by atoms with E-state index in [2.05, 4.69) is 36.6 Å². The van der Waals surface area contributed by atoms with Gasteiger partial charge in [-0.3, -0.25) is 33.8 Å². The van der Waals surface area contributed by atoms with Crippen molar-refractivity contribution in [1.29, 1.82) is 0 Å². The van der Waals surface area contributed by atoms with Gasteiger partial charge in [-0.25, -0.2) is 8.78 Å². The van der Waals surface area contributed by atoms with Crippen LogP contribution in [0.3, 0.4) is 0 Å². The number of aromatic nitrogens is 1. The normalized spacial score (nSPS) is 13.0. The highest BCUT2D eigenvalue weighted by Gasteiger charge is 2.31. The number of guanidine groups is 1. The third-order valence-electron chi connectivity index (χ3n) is 9.20. The molecule has 0 fully saturated rings. The van der Waals surface area contributed by atoms with E-state index in [9.17, 15) is 37.5 Å². The van der Waals surface area contributed by atoms with Crippen LogP contribution in [-0.4, -0.2) is 83.6 Å². The van der Waals surface area contributed by atoms with Gasteiger partial charge in [-0.15, -0.1) is 0 Å². The van der Waals surface area contributed by atoms with Gasteiger partial charge in [0.1, 0.15) is 35.8 Å². The minimum atomic E-state index is -1.28. The maximum absolute atomic E-state index is 14.4. The number of nitrogens with zero attached hydrogens (tertiary/aromatic N) is 1. The second kappa shape index (κ2) is 21.6. The van der Waals surface area contributed by atoms with E-state index in [0.717, 1.165) is 28.6 Å². The number of H-pyrrole nitrogens is 1. The molecular weight excluding hydrogens is 767 g/mol. The van der Waals surface area contributed by atoms with E-state index in [0.29, 0.717) is 11.6 Å². The average Bonchev–Trinajstić information content (AvgIpc) is 3.59. The number of hydrogen-bond acceptors (Lipinski definition) is 7. The Balaban J connectivity index is 1.45. The minimum absolute atomic E-state index is 0.0355. The third-order valence-corrected chi connectivity index (χ3v) is 9.20. The Labute approximate surface area is 339 Å². The molecule has 4 atom stereocenters. The van der Waals surface area contributed by atoms with Crippen LogP contribution in [0.25, 0.3) is 10.9 Å². The van der Waals surface area contributed by atoms with Gasteiger partial charge in [0.25, 0.3) is 5.91 Å². The van der Waals surface area contributed by atoms with Crippen LogP contribution in [-0.2, 0) is 36.8 Å². The van der Waals surface area contributed by atoms with Crippen molar-refractivity contribution >= 4 is 52.3 Å². The topological polar surface area (TPSA) is 269 Å². The van der Waals surface area contributed by atoms with Gasteiger partial charge in [-0.05, 0) is 54.5 Å². The first-order chi connectivity index (χ1) is 28.1. The molecule has 6 amide bonds. The smallest absolute Gasteiger partial charge is 0.254 e. The molecule has 0 aliphatic heterocycles. The number of carbonyl (C=O) groups excluding carboxylic acids is 6. The second-order valence-electron chi connectivity index (χ2n) is 14.3. The van der Waals surface area contributed by atoms with Gasteiger partial charge in [-0.2, -0.15) is 0 Å². The Morgan fingerprint density at radius 1 is 0.746 bits per heavy atom. The van der Waals surface area contributed by atoms with Crippen molar-refractivity contribution in [2.24, 2.45) is 28.1 Å². The van der Waals surface area contributed by atoms with Crippen LogP contribution >= 0.6 is 0 Å². The summed E-state index contributed by atoms with van der Waals surface area (Å²) in [6.45, 7) is 3.14. The highest BCUT2D eigenvalue weighted by atomic mass is 19.1. The minimum Gasteiger partial charge on any atom is -0.370 e. The second-order valence-corrected chi connectivity index (χ2v) is 14.3. The Hall–Kier alpha value is -6.85. The molecule has 4 rings (SSSR count). The molecule has 1 heterocycles. The Morgan fingerprint density at radius 3 is 2.10 bits per heavy atom. The fourth-order valence-corrected chi connectivity index (χ4v) is 6.27. The molecule has 0 unspecified atom stereocenters. The maximum atomic E-state index is 14.4. The number of para-hydroxylation sites is 1. The van der Waals surface area contributed by atoms with Gasteiger partial charge >= 0.3 is 0 Å². The van der Waals surface area contributed by atoms with Gasteiger partial charge in [0, 0.05) is 42.6 Å². The SMILES string of the molecule is CC(C)C[C@H](NC(=O)CNC(=O)[C@H](Cc1ccccc1)NC(=O)c1ccc(F)cc1F)C(=O)N[C@@H](CCCN=C(N)N)C(=O)N[C@@H](Cc1c[nH]c2ccccc12)C(N)=O. The van der Waals surface area contributed by atoms with Crippen LogP contribution in [0.1, 0.15) is 54.6 Å². The lowest BCUT2D eigenvalue weighted by atomic mass is 10.0. The number of nitrogens with two attached hydrogens (primary N) is 3. The summed E-state index contributed by atoms with van der Waals surface area (Å²) < 4.78 is 27.9. The first kappa shape index (κ1) is 44.9. The molecule has 0 aliphatic rings. The number of aliphatic imine (C=N–C) groups is 1. The summed E-state index contributed by atoms with van der Waals surface area (Å²) in [6, 6.07) is 13.6. The number of fused-ring (bicyclic) bond motifs is 1. The third kappa shape index (κ3) is 13.9. The molecule has 314 valence electrons. The summed E-state index contributed by atoms with van der Waals surface area (Å²) in [5, 5.41) is 13.7. The largest absolute Gasteiger partial charge is 0.370 e. The maximum Gasteiger partial charge on any atom is 0.254 e. The number of benzene rings is 3. The predicted molar refractivity (Wildman–Crippen MR) is 217 cm³/mol. The molecule has 0 bridgehead atoms. The van der Waals surface area contributed by atoms with Gasteiger partial charge in [0.2, 0.25) is 29.5 Å². The number of aromatic amines is 1. The van der Waals surface area contributed by atoms with Crippen molar-refractivity contribution in [1.82, 2.24) is 31.6 Å². The Kier molecular flexibility index (Phi) is 16.4. The summed E-state index contributed by atoms with van der Waals surface area (Å²) in [4.78, 5) is 86.7. The summed E-state index contributed by atoms with van der Waals surface area (Å²) in [6.07, 6.45) is 2.18. The van der Waals surface area contributed by atoms with Crippen molar-refractivity contribution in [2.75, 3.05) is 13.1 Å². The molecule has 59 heavy (non-hydrogen) atoms. The highest BCUT2D eigenvalue weighted by Crippen LogP contribution is 2.19. The van der Waals surface area contributed by atoms with E-state index in [1.54, 1.807) is 36.5 Å². The van der Waals surface area contributed by atoms with Crippen LogP contribution < -0.4 is 43.8 Å². The zero-order chi connectivity index (χ0) is 43.1. The molecule has 4 aromatic rings. The lowest BCUT2D eigenvalue weighted by Gasteiger charge is -2.26. The van der Waals surface area contributed by atoms with E-state index >= 15 is 0 Å². The molecule has 0 radical (unpaired) electrons. The molecule has 18 heteroatoms. The lowest BCUT2D eigenvalue weighted by molar-refractivity contribution is -0.133. The van der Waals surface area contributed by atoms with Crippen molar-refractivity contribution in [3.05, 3.63) is 107 Å². The molecular formula is C41H50F2N10O6. The molecule has 3 aromatic carbocycles. The van der Waals surface area contributed by atoms with Crippen molar-refractivity contribution in [2.45, 2.75) is 70.1 Å². The molecule has 0 spiro atoms. The molecule has 1 aromatic heterocycles. The monoisotopic (exact) mass is 816 g/mol. The number of primary amides is 1. The van der Waals surface area contributed by atoms with E-state index < -0.39 is 83.4 Å². The fourth-order valence-electron chi connectivity index (χ4n) is 6.27. The Bertz CT molecular complexity index is 2140. The van der Waals surface area contributed by atoms with Gasteiger partial charge < -0.3 is 48.8 Å². The number of halogens is 2. The average molecular weight is 817 g/mol. The lowest BCUT2D eigenvalue weighted by Crippen LogP contribution is -2.57. The summed E-state index contributed by atoms with van der Waals surface area (Å²) in [5.74, 6) is -7.06. The molecule has 0 aliphatic carbocycles. The summed E-state index contributed by atoms with van der Waals surface area (Å²) in [7, 11) is 0. The molecule has 12 N–H and O–H groups in total. The molecule has 0 saturated carbocycles. The first-order valence-corrected chi connectivity index (χ1v) is 19.0. The number of rotatable bonds is 21. The van der Waals surface area contributed by atoms with Crippen LogP contribution in [0.5, 0.6) is 0 Å². The first-order valence-electron chi connectivity index (χ1n) is 19.0. The van der Waals surface area contributed by atoms with Crippen molar-refractivity contribution in [3.63, 3.8) is 0 Å². The number of hydrogen-bond donors (Lipinski definition) is 9. The van der Waals surface area contributed by atoms with Crippen LogP contribution in [0.4, 0.5) is 8.78 Å². The standard InChI is InChI=1S/C41H50F2N10O6/c1-23(2)17-33(50-35(54)22-49-38(57)34(18-24-9-4-3-5-10-24)53-37(56)28-15-14-26(42)20-29(28)43)40(59)51-31(13-8-16-47-41(45)46)39(58)52-32(36(44)55)19-25-21-48-30-12-7-6-11-27(25)30/h3-7,9-12,14-15,20-21,23,31-34,48H,8,13,16-19,22H2,1-2H3,(H2,44,55)(H,49,57)(H,50,54)(H,51,59)(H,52,58)(H,53,56)(H4,45,46,47)/t31-,32-,33-,34-/m0/s1. The van der Waals surface area contributed by atoms with Gasteiger partial charge in [-0.1, -0.05) is 62.4 Å². The highest BCUT2D eigenvalue weighted by molar-refractivity contribution is 5.99. The van der Waals surface area contributed by atoms with Crippen LogP contribution in [0.2, 0.25) is 0 Å². The Morgan fingerprint density at radius 2 is 1.42 bits per heavy atom.